The molecule has 1 rings (SSSR count). The summed E-state index contributed by atoms with van der Waals surface area (Å²) in [6.45, 7) is 23.3. The van der Waals surface area contributed by atoms with Crippen molar-refractivity contribution in [3.63, 3.8) is 0 Å². The molecule has 1 heterocycles. The Labute approximate surface area is 152 Å². The second kappa shape index (κ2) is 9.80. The van der Waals surface area contributed by atoms with Crippen molar-refractivity contribution in [3.8, 4) is 0 Å². The molecule has 0 aromatic rings. The number of hydrogen-bond acceptors (Lipinski definition) is 5. The maximum absolute atomic E-state index is 6.09. The third kappa shape index (κ3) is 6.19. The fourth-order valence-electron chi connectivity index (χ4n) is 3.46. The van der Waals surface area contributed by atoms with E-state index in [-0.39, 0.29) is 5.54 Å². The molecule has 0 amide bonds. The maximum Gasteiger partial charge on any atom is 0.515 e. The summed E-state index contributed by atoms with van der Waals surface area (Å²) < 4.78 is 18.3. The largest absolute Gasteiger partial charge is 0.515 e. The summed E-state index contributed by atoms with van der Waals surface area (Å²) in [5.74, 6) is 0. The fraction of sp³-hybridized carbons (Fsp3) is 1.00. The molecule has 144 valence electrons. The van der Waals surface area contributed by atoms with Crippen LogP contribution in [0.25, 0.3) is 0 Å². The minimum absolute atomic E-state index is 0.238. The van der Waals surface area contributed by atoms with Crippen LogP contribution in [-0.2, 0) is 13.3 Å². The molecule has 0 aromatic carbocycles. The lowest BCUT2D eigenvalue weighted by atomic mass is 10.1. The van der Waals surface area contributed by atoms with Crippen LogP contribution in [0.15, 0.2) is 0 Å². The van der Waals surface area contributed by atoms with Crippen LogP contribution in [0.2, 0.25) is 13.1 Å². The highest BCUT2D eigenvalue weighted by atomic mass is 28.4. The molecule has 0 aliphatic carbocycles. The molecule has 0 saturated carbocycles. The Bertz CT molecular complexity index is 347. The third-order valence-corrected chi connectivity index (χ3v) is 9.89. The van der Waals surface area contributed by atoms with Gasteiger partial charge in [0.25, 0.3) is 0 Å². The van der Waals surface area contributed by atoms with E-state index in [0.717, 1.165) is 25.8 Å². The Hall–Kier alpha value is 0.234. The smallest absolute Gasteiger partial charge is 0.373 e. The van der Waals surface area contributed by atoms with Gasteiger partial charge in [-0.15, -0.1) is 0 Å². The highest BCUT2D eigenvalue weighted by Crippen LogP contribution is 2.23. The summed E-state index contributed by atoms with van der Waals surface area (Å²) in [4.78, 5) is 5.25. The summed E-state index contributed by atoms with van der Waals surface area (Å²) in [5.41, 5.74) is 0.883. The van der Waals surface area contributed by atoms with Crippen molar-refractivity contribution in [2.24, 2.45) is 0 Å². The first-order chi connectivity index (χ1) is 11.2. The lowest BCUT2D eigenvalue weighted by molar-refractivity contribution is 0.0228. The fourth-order valence-corrected chi connectivity index (χ4v) is 8.17. The molecule has 1 atom stereocenters. The van der Waals surface area contributed by atoms with E-state index in [1.165, 1.54) is 0 Å². The molecule has 1 aliphatic heterocycles. The van der Waals surface area contributed by atoms with Crippen LogP contribution in [0.1, 0.15) is 41.5 Å². The molecule has 0 radical (unpaired) electrons. The van der Waals surface area contributed by atoms with Crippen LogP contribution in [0.4, 0.5) is 0 Å². The van der Waals surface area contributed by atoms with E-state index in [1.807, 2.05) is 20.8 Å². The van der Waals surface area contributed by atoms with E-state index in [2.05, 4.69) is 43.7 Å². The van der Waals surface area contributed by atoms with Gasteiger partial charge in [-0.3, -0.25) is 9.80 Å². The highest BCUT2D eigenvalue weighted by molar-refractivity contribution is 6.61. The Kier molecular flexibility index (Phi) is 9.10. The van der Waals surface area contributed by atoms with E-state index in [0.29, 0.717) is 25.5 Å². The number of hydrogen-bond donors (Lipinski definition) is 0. The molecular weight excluding hydrogens is 336 g/mol. The van der Waals surface area contributed by atoms with Crippen molar-refractivity contribution >= 4 is 17.6 Å². The predicted octanol–water partition coefficient (Wildman–Crippen LogP) is 2.38. The Morgan fingerprint density at radius 1 is 0.958 bits per heavy atom. The third-order valence-electron chi connectivity index (χ3n) is 4.74. The van der Waals surface area contributed by atoms with Gasteiger partial charge in [0.15, 0.2) is 0 Å². The normalized spacial score (nSPS) is 21.6. The van der Waals surface area contributed by atoms with Gasteiger partial charge in [0, 0.05) is 50.7 Å². The molecule has 0 N–H and O–H groups in total. The van der Waals surface area contributed by atoms with Crippen LogP contribution < -0.4 is 0 Å². The van der Waals surface area contributed by atoms with E-state index >= 15 is 0 Å². The Morgan fingerprint density at radius 2 is 1.46 bits per heavy atom. The van der Waals surface area contributed by atoms with E-state index < -0.39 is 17.6 Å². The van der Waals surface area contributed by atoms with Gasteiger partial charge in [-0.25, -0.2) is 0 Å². The molecule has 0 spiro atoms. The summed E-state index contributed by atoms with van der Waals surface area (Å²) in [5, 5.41) is 0. The average Bonchev–Trinajstić information content (AvgIpc) is 2.47. The van der Waals surface area contributed by atoms with Crippen molar-refractivity contribution in [2.45, 2.75) is 65.8 Å². The van der Waals surface area contributed by atoms with Gasteiger partial charge < -0.3 is 13.3 Å². The quantitative estimate of drug-likeness (QED) is 0.577. The molecule has 0 bridgehead atoms. The van der Waals surface area contributed by atoms with Crippen LogP contribution in [-0.4, -0.2) is 84.2 Å². The van der Waals surface area contributed by atoms with Gasteiger partial charge in [0.05, 0.1) is 15.0 Å². The summed E-state index contributed by atoms with van der Waals surface area (Å²) in [6.07, 6.45) is 0.830. The SMILES string of the molecule is CCO[Si](CN1CCN(C(C)(C)C)CC1[SiH](C)C)(OCC)OCC. The van der Waals surface area contributed by atoms with Gasteiger partial charge in [-0.05, 0) is 41.5 Å². The first-order valence-electron chi connectivity index (χ1n) is 9.60. The monoisotopic (exact) mass is 376 g/mol. The molecule has 24 heavy (non-hydrogen) atoms. The summed E-state index contributed by atoms with van der Waals surface area (Å²) in [6, 6.07) is 0. The summed E-state index contributed by atoms with van der Waals surface area (Å²) in [7, 11) is -3.44. The Balaban J connectivity index is 2.92. The first kappa shape index (κ1) is 22.3. The second-order valence-electron chi connectivity index (χ2n) is 7.88. The first-order valence-corrected chi connectivity index (χ1v) is 14.5. The van der Waals surface area contributed by atoms with E-state index in [9.17, 15) is 0 Å². The second-order valence-corrected chi connectivity index (χ2v) is 13.7. The molecule has 1 fully saturated rings. The van der Waals surface area contributed by atoms with Crippen molar-refractivity contribution in [2.75, 3.05) is 45.6 Å². The average molecular weight is 377 g/mol. The minimum Gasteiger partial charge on any atom is -0.373 e. The van der Waals surface area contributed by atoms with Gasteiger partial charge in [-0.2, -0.15) is 0 Å². The molecule has 7 heteroatoms. The van der Waals surface area contributed by atoms with Gasteiger partial charge >= 0.3 is 8.80 Å². The Morgan fingerprint density at radius 3 is 1.83 bits per heavy atom. The minimum atomic E-state index is -2.61. The molecule has 1 unspecified atom stereocenters. The van der Waals surface area contributed by atoms with Crippen LogP contribution in [0, 0.1) is 0 Å². The molecule has 0 aromatic heterocycles. The molecule has 1 saturated heterocycles. The highest BCUT2D eigenvalue weighted by Gasteiger charge is 2.46. The summed E-state index contributed by atoms with van der Waals surface area (Å²) >= 11 is 0. The van der Waals surface area contributed by atoms with Crippen LogP contribution >= 0.6 is 0 Å². The number of piperazine rings is 1. The van der Waals surface area contributed by atoms with Crippen molar-refractivity contribution in [1.29, 1.82) is 0 Å². The zero-order valence-electron chi connectivity index (χ0n) is 17.2. The zero-order chi connectivity index (χ0) is 18.4. The molecule has 1 aliphatic rings. The van der Waals surface area contributed by atoms with Crippen molar-refractivity contribution in [1.82, 2.24) is 9.80 Å². The topological polar surface area (TPSA) is 34.2 Å². The van der Waals surface area contributed by atoms with Gasteiger partial charge in [-0.1, -0.05) is 13.1 Å². The van der Waals surface area contributed by atoms with E-state index in [1.54, 1.807) is 0 Å². The van der Waals surface area contributed by atoms with Crippen molar-refractivity contribution in [3.05, 3.63) is 0 Å². The zero-order valence-corrected chi connectivity index (χ0v) is 19.4. The maximum atomic E-state index is 6.09. The predicted molar refractivity (Wildman–Crippen MR) is 106 cm³/mol. The standard InChI is InChI=1S/C17H40N2O3Si2/c1-9-20-24(21-10-2,22-11-3)15-18-12-13-19(17(4,5)6)14-16(18)23(7)8/h16,23H,9-15H2,1-8H3. The molecular formula is C17H40N2O3Si2. The van der Waals surface area contributed by atoms with Gasteiger partial charge in [0.2, 0.25) is 0 Å². The van der Waals surface area contributed by atoms with Gasteiger partial charge in [0.1, 0.15) is 0 Å². The van der Waals surface area contributed by atoms with Crippen molar-refractivity contribution < 1.29 is 13.3 Å². The number of rotatable bonds is 9. The number of nitrogens with zero attached hydrogens (tertiary/aromatic N) is 2. The van der Waals surface area contributed by atoms with E-state index in [4.69, 9.17) is 13.3 Å². The van der Waals surface area contributed by atoms with Crippen LogP contribution in [0.3, 0.4) is 0 Å². The van der Waals surface area contributed by atoms with Crippen LogP contribution in [0.5, 0.6) is 0 Å². The molecule has 5 nitrogen and oxygen atoms in total. The lowest BCUT2D eigenvalue weighted by Crippen LogP contribution is -2.66. The lowest BCUT2D eigenvalue weighted by Gasteiger charge is -2.49.